The molecule has 3 unspecified atom stereocenters. The standard InChI is InChI=1S/C12H18N2O2.C8H18O/c1-11(2)4-10(14-9-16)5-12(3,6-11)7-13-8-15;1-3-5-6-8(4-2)7-9/h10H,4-7H2,1-3H3;8-9H,3-7H2,1-2H3. The van der Waals surface area contributed by atoms with Crippen molar-refractivity contribution in [2.75, 3.05) is 13.2 Å². The zero-order chi connectivity index (χ0) is 19.3. The average Bonchev–Trinajstić information content (AvgIpc) is 2.53. The minimum Gasteiger partial charge on any atom is -0.396 e. The molecule has 0 aromatic rings. The second kappa shape index (κ2) is 12.1. The number of aliphatic hydroxyl groups excluding tert-OH is 1. The molecule has 1 aliphatic rings. The highest BCUT2D eigenvalue weighted by atomic mass is 16.3. The van der Waals surface area contributed by atoms with Crippen LogP contribution in [0.3, 0.4) is 0 Å². The zero-order valence-electron chi connectivity index (χ0n) is 16.7. The first-order valence-corrected chi connectivity index (χ1v) is 9.47. The molecule has 0 radical (unpaired) electrons. The van der Waals surface area contributed by atoms with E-state index in [0.29, 0.717) is 19.1 Å². The van der Waals surface area contributed by atoms with Crippen LogP contribution < -0.4 is 0 Å². The molecule has 25 heavy (non-hydrogen) atoms. The number of isocyanates is 2. The molecule has 1 fully saturated rings. The number of carbonyl (C=O) groups excluding carboxylic acids is 2. The Balaban J connectivity index is 0.000000547. The lowest BCUT2D eigenvalue weighted by atomic mass is 9.63. The Morgan fingerprint density at radius 2 is 1.84 bits per heavy atom. The van der Waals surface area contributed by atoms with Crippen LogP contribution in [0.2, 0.25) is 0 Å². The van der Waals surface area contributed by atoms with Crippen molar-refractivity contribution in [3.05, 3.63) is 0 Å². The van der Waals surface area contributed by atoms with Crippen LogP contribution in [0.25, 0.3) is 0 Å². The average molecular weight is 353 g/mol. The first kappa shape index (κ1) is 23.7. The maximum atomic E-state index is 10.3. The second-order valence-corrected chi connectivity index (χ2v) is 8.44. The molecule has 144 valence electrons. The quantitative estimate of drug-likeness (QED) is 0.518. The first-order valence-electron chi connectivity index (χ1n) is 9.47. The van der Waals surface area contributed by atoms with Gasteiger partial charge in [-0.2, -0.15) is 0 Å². The smallest absolute Gasteiger partial charge is 0.235 e. The normalized spacial score (nSPS) is 25.6. The number of rotatable bonds is 8. The lowest BCUT2D eigenvalue weighted by Gasteiger charge is -2.44. The van der Waals surface area contributed by atoms with Crippen LogP contribution in [-0.2, 0) is 9.59 Å². The lowest BCUT2D eigenvalue weighted by Crippen LogP contribution is -2.39. The second-order valence-electron chi connectivity index (χ2n) is 8.44. The van der Waals surface area contributed by atoms with Crippen molar-refractivity contribution >= 4 is 12.2 Å². The van der Waals surface area contributed by atoms with Crippen molar-refractivity contribution in [3.8, 4) is 0 Å². The van der Waals surface area contributed by atoms with Gasteiger partial charge in [-0.1, -0.05) is 53.9 Å². The number of nitrogens with zero attached hydrogens (tertiary/aromatic N) is 2. The van der Waals surface area contributed by atoms with E-state index in [1.54, 1.807) is 12.2 Å². The minimum atomic E-state index is -0.0653. The van der Waals surface area contributed by atoms with Gasteiger partial charge in [0.15, 0.2) is 0 Å². The van der Waals surface area contributed by atoms with Gasteiger partial charge in [0.05, 0.1) is 12.6 Å². The monoisotopic (exact) mass is 352 g/mol. The van der Waals surface area contributed by atoms with Gasteiger partial charge in [0.2, 0.25) is 12.2 Å². The highest BCUT2D eigenvalue weighted by Gasteiger charge is 2.41. The van der Waals surface area contributed by atoms with Gasteiger partial charge in [-0.25, -0.2) is 19.6 Å². The third-order valence-electron chi connectivity index (χ3n) is 4.98. The fraction of sp³-hybridized carbons (Fsp3) is 0.900. The topological polar surface area (TPSA) is 79.1 Å². The van der Waals surface area contributed by atoms with Gasteiger partial charge in [0.25, 0.3) is 0 Å². The van der Waals surface area contributed by atoms with E-state index >= 15 is 0 Å². The van der Waals surface area contributed by atoms with Crippen molar-refractivity contribution in [2.45, 2.75) is 85.6 Å². The molecule has 0 heterocycles. The molecule has 0 amide bonds. The van der Waals surface area contributed by atoms with E-state index in [9.17, 15) is 9.59 Å². The van der Waals surface area contributed by atoms with Crippen LogP contribution in [0.4, 0.5) is 0 Å². The van der Waals surface area contributed by atoms with Crippen LogP contribution in [0.1, 0.15) is 79.6 Å². The molecule has 5 nitrogen and oxygen atoms in total. The molecule has 1 saturated carbocycles. The molecule has 1 aliphatic carbocycles. The van der Waals surface area contributed by atoms with E-state index in [1.807, 2.05) is 0 Å². The van der Waals surface area contributed by atoms with Gasteiger partial charge in [-0.3, -0.25) is 0 Å². The molecule has 0 aromatic heterocycles. The summed E-state index contributed by atoms with van der Waals surface area (Å²) in [5, 5.41) is 8.75. The van der Waals surface area contributed by atoms with E-state index in [-0.39, 0.29) is 16.9 Å². The molecule has 5 heteroatoms. The van der Waals surface area contributed by atoms with E-state index in [0.717, 1.165) is 25.7 Å². The van der Waals surface area contributed by atoms with E-state index in [2.05, 4.69) is 44.6 Å². The fourth-order valence-electron chi connectivity index (χ4n) is 4.01. The van der Waals surface area contributed by atoms with Gasteiger partial charge in [0, 0.05) is 6.61 Å². The summed E-state index contributed by atoms with van der Waals surface area (Å²) < 4.78 is 0. The number of hydrogen-bond donors (Lipinski definition) is 1. The summed E-state index contributed by atoms with van der Waals surface area (Å²) in [7, 11) is 0. The SMILES string of the molecule is CC1(C)CC(N=C=O)CC(C)(CN=C=O)C1.CCCCC(CC)CO. The van der Waals surface area contributed by atoms with E-state index in [1.165, 1.54) is 19.3 Å². The van der Waals surface area contributed by atoms with Gasteiger partial charge in [-0.05, 0) is 42.4 Å². The summed E-state index contributed by atoms with van der Waals surface area (Å²) in [6.07, 6.45) is 10.7. The minimum absolute atomic E-state index is 0.00750. The van der Waals surface area contributed by atoms with E-state index in [4.69, 9.17) is 5.11 Å². The fourth-order valence-corrected chi connectivity index (χ4v) is 4.01. The van der Waals surface area contributed by atoms with Crippen molar-refractivity contribution < 1.29 is 14.7 Å². The van der Waals surface area contributed by atoms with Crippen LogP contribution in [0.15, 0.2) is 9.98 Å². The number of hydrogen-bond acceptors (Lipinski definition) is 5. The molecule has 0 spiro atoms. The molecular formula is C20H36N2O3. The third-order valence-corrected chi connectivity index (χ3v) is 4.98. The molecule has 0 aromatic carbocycles. The predicted molar refractivity (Wildman–Crippen MR) is 101 cm³/mol. The Morgan fingerprint density at radius 3 is 2.32 bits per heavy atom. The zero-order valence-corrected chi connectivity index (χ0v) is 16.7. The summed E-state index contributed by atoms with van der Waals surface area (Å²) in [5.41, 5.74) is 0.0561. The highest BCUT2D eigenvalue weighted by Crippen LogP contribution is 2.47. The Bertz CT molecular complexity index is 462. The molecular weight excluding hydrogens is 316 g/mol. The molecule has 0 saturated heterocycles. The van der Waals surface area contributed by atoms with Crippen molar-refractivity contribution in [1.82, 2.24) is 0 Å². The molecule has 1 rings (SSSR count). The largest absolute Gasteiger partial charge is 0.396 e. The van der Waals surface area contributed by atoms with Crippen molar-refractivity contribution in [3.63, 3.8) is 0 Å². The summed E-state index contributed by atoms with van der Waals surface area (Å²) in [6.45, 7) is 11.6. The third kappa shape index (κ3) is 10.3. The Kier molecular flexibility index (Phi) is 11.5. The maximum Gasteiger partial charge on any atom is 0.235 e. The summed E-state index contributed by atoms with van der Waals surface area (Å²) in [4.78, 5) is 28.0. The summed E-state index contributed by atoms with van der Waals surface area (Å²) in [6, 6.07) is 0.00750. The number of unbranched alkanes of at least 4 members (excludes halogenated alkanes) is 1. The van der Waals surface area contributed by atoms with Gasteiger partial charge in [0.1, 0.15) is 0 Å². The molecule has 1 N–H and O–H groups in total. The Morgan fingerprint density at radius 1 is 1.16 bits per heavy atom. The summed E-state index contributed by atoms with van der Waals surface area (Å²) >= 11 is 0. The molecule has 0 aliphatic heterocycles. The van der Waals surface area contributed by atoms with Gasteiger partial charge in [-0.15, -0.1) is 0 Å². The van der Waals surface area contributed by atoms with Gasteiger partial charge >= 0.3 is 0 Å². The maximum absolute atomic E-state index is 10.3. The molecule has 3 atom stereocenters. The Hall–Kier alpha value is -1.28. The van der Waals surface area contributed by atoms with Crippen LogP contribution in [0.5, 0.6) is 0 Å². The van der Waals surface area contributed by atoms with Crippen LogP contribution in [0, 0.1) is 16.7 Å². The predicted octanol–water partition coefficient (Wildman–Crippen LogP) is 4.44. The van der Waals surface area contributed by atoms with Crippen LogP contribution in [-0.4, -0.2) is 36.5 Å². The van der Waals surface area contributed by atoms with Gasteiger partial charge < -0.3 is 5.11 Å². The van der Waals surface area contributed by atoms with E-state index < -0.39 is 0 Å². The number of aliphatic imine (C=N–C) groups is 2. The van der Waals surface area contributed by atoms with Crippen molar-refractivity contribution in [2.24, 2.45) is 26.7 Å². The van der Waals surface area contributed by atoms with Crippen LogP contribution >= 0.6 is 0 Å². The lowest BCUT2D eigenvalue weighted by molar-refractivity contribution is 0.0915. The highest BCUT2D eigenvalue weighted by molar-refractivity contribution is 5.34. The molecule has 0 bridgehead atoms. The Labute approximate surface area is 153 Å². The summed E-state index contributed by atoms with van der Waals surface area (Å²) in [5.74, 6) is 0.560. The number of aliphatic hydroxyl groups is 1. The van der Waals surface area contributed by atoms with Crippen molar-refractivity contribution in [1.29, 1.82) is 0 Å². The first-order chi connectivity index (χ1) is 11.8.